The van der Waals surface area contributed by atoms with E-state index < -0.39 is 0 Å². The van der Waals surface area contributed by atoms with E-state index in [2.05, 4.69) is 82.2 Å². The summed E-state index contributed by atoms with van der Waals surface area (Å²) in [5.74, 6) is 0. The second-order valence-corrected chi connectivity index (χ2v) is 6.95. The first kappa shape index (κ1) is 15.7. The first-order valence-corrected chi connectivity index (χ1v) is 8.22. The van der Waals surface area contributed by atoms with Gasteiger partial charge in [-0.15, -0.1) is 0 Å². The van der Waals surface area contributed by atoms with Crippen molar-refractivity contribution < 1.29 is 0 Å². The monoisotopic (exact) mass is 395 g/mol. The topological polar surface area (TPSA) is 12.0 Å². The van der Waals surface area contributed by atoms with Crippen LogP contribution in [0, 0.1) is 20.8 Å². The fourth-order valence-electron chi connectivity index (χ4n) is 2.51. The van der Waals surface area contributed by atoms with Gasteiger partial charge < -0.3 is 5.32 Å². The molecule has 2 aromatic rings. The van der Waals surface area contributed by atoms with Gasteiger partial charge in [-0.1, -0.05) is 44.0 Å². The molecule has 1 atom stereocenters. The van der Waals surface area contributed by atoms with Crippen LogP contribution in [0.15, 0.2) is 39.3 Å². The highest BCUT2D eigenvalue weighted by Gasteiger charge is 2.18. The zero-order chi connectivity index (χ0) is 14.9. The van der Waals surface area contributed by atoms with Gasteiger partial charge in [0.2, 0.25) is 0 Å². The van der Waals surface area contributed by atoms with E-state index in [-0.39, 0.29) is 6.04 Å². The molecule has 0 heterocycles. The van der Waals surface area contributed by atoms with Crippen LogP contribution in [0.5, 0.6) is 0 Å². The summed E-state index contributed by atoms with van der Waals surface area (Å²) in [4.78, 5) is 0. The van der Waals surface area contributed by atoms with Crippen molar-refractivity contribution in [1.82, 2.24) is 5.32 Å². The van der Waals surface area contributed by atoms with E-state index in [0.29, 0.717) is 0 Å². The highest BCUT2D eigenvalue weighted by molar-refractivity contribution is 9.11. The lowest BCUT2D eigenvalue weighted by atomic mass is 9.92. The van der Waals surface area contributed by atoms with Crippen LogP contribution < -0.4 is 5.32 Å². The third-order valence-electron chi connectivity index (χ3n) is 3.75. The normalized spacial score (nSPS) is 12.5. The molecule has 1 unspecified atom stereocenters. The molecule has 106 valence electrons. The lowest BCUT2D eigenvalue weighted by Gasteiger charge is -2.22. The van der Waals surface area contributed by atoms with Crippen molar-refractivity contribution in [2.75, 3.05) is 7.05 Å². The second-order valence-electron chi connectivity index (χ2n) is 5.18. The molecule has 0 aliphatic rings. The second kappa shape index (κ2) is 6.42. The highest BCUT2D eigenvalue weighted by atomic mass is 79.9. The largest absolute Gasteiger partial charge is 0.309 e. The van der Waals surface area contributed by atoms with Crippen LogP contribution in [0.1, 0.15) is 33.9 Å². The molecular weight excluding hydrogens is 378 g/mol. The molecule has 0 fully saturated rings. The maximum atomic E-state index is 3.67. The lowest BCUT2D eigenvalue weighted by Crippen LogP contribution is -2.19. The molecule has 3 heteroatoms. The summed E-state index contributed by atoms with van der Waals surface area (Å²) < 4.78 is 2.22. The number of halogens is 2. The number of aryl methyl sites for hydroxylation is 3. The van der Waals surface area contributed by atoms with Crippen LogP contribution in [0.2, 0.25) is 0 Å². The molecule has 2 rings (SSSR count). The van der Waals surface area contributed by atoms with Crippen molar-refractivity contribution >= 4 is 31.9 Å². The van der Waals surface area contributed by atoms with Crippen molar-refractivity contribution in [2.45, 2.75) is 26.8 Å². The quantitative estimate of drug-likeness (QED) is 0.727. The molecule has 0 spiro atoms. The van der Waals surface area contributed by atoms with Crippen molar-refractivity contribution in [3.8, 4) is 0 Å². The standard InChI is InChI=1S/C17H19Br2N/c1-10-7-12(3)14(8-11(10)2)17(20-4)15-9-13(18)5-6-16(15)19/h5-9,17,20H,1-4H3. The van der Waals surface area contributed by atoms with Gasteiger partial charge >= 0.3 is 0 Å². The highest BCUT2D eigenvalue weighted by Crippen LogP contribution is 2.33. The van der Waals surface area contributed by atoms with Crippen molar-refractivity contribution in [3.63, 3.8) is 0 Å². The van der Waals surface area contributed by atoms with Crippen LogP contribution in [0.4, 0.5) is 0 Å². The van der Waals surface area contributed by atoms with Gasteiger partial charge in [-0.25, -0.2) is 0 Å². The fraction of sp³-hybridized carbons (Fsp3) is 0.294. The van der Waals surface area contributed by atoms with Crippen LogP contribution in [0.25, 0.3) is 0 Å². The first-order chi connectivity index (χ1) is 9.43. The Morgan fingerprint density at radius 1 is 0.850 bits per heavy atom. The predicted molar refractivity (Wildman–Crippen MR) is 93.4 cm³/mol. The molecule has 0 saturated heterocycles. The number of benzene rings is 2. The third kappa shape index (κ3) is 3.16. The summed E-state index contributed by atoms with van der Waals surface area (Å²) in [5, 5.41) is 3.44. The van der Waals surface area contributed by atoms with Crippen LogP contribution >= 0.6 is 31.9 Å². The van der Waals surface area contributed by atoms with E-state index in [1.165, 1.54) is 27.8 Å². The Morgan fingerprint density at radius 2 is 1.50 bits per heavy atom. The summed E-state index contributed by atoms with van der Waals surface area (Å²) in [7, 11) is 2.01. The van der Waals surface area contributed by atoms with E-state index in [4.69, 9.17) is 0 Å². The molecule has 0 aliphatic heterocycles. The number of hydrogen-bond donors (Lipinski definition) is 1. The van der Waals surface area contributed by atoms with E-state index in [1.54, 1.807) is 0 Å². The maximum Gasteiger partial charge on any atom is 0.0588 e. The van der Waals surface area contributed by atoms with Gasteiger partial charge in [-0.05, 0) is 73.8 Å². The van der Waals surface area contributed by atoms with E-state index >= 15 is 0 Å². The number of rotatable bonds is 3. The Labute approximate surface area is 138 Å². The van der Waals surface area contributed by atoms with Crippen LogP contribution in [0.3, 0.4) is 0 Å². The predicted octanol–water partition coefficient (Wildman–Crippen LogP) is 5.45. The molecule has 2 aromatic carbocycles. The maximum absolute atomic E-state index is 3.67. The molecular formula is C17H19Br2N. The summed E-state index contributed by atoms with van der Waals surface area (Å²) in [6.07, 6.45) is 0. The molecule has 0 amide bonds. The van der Waals surface area contributed by atoms with E-state index in [9.17, 15) is 0 Å². The van der Waals surface area contributed by atoms with Crippen LogP contribution in [-0.4, -0.2) is 7.05 Å². The summed E-state index contributed by atoms with van der Waals surface area (Å²) >= 11 is 7.23. The lowest BCUT2D eigenvalue weighted by molar-refractivity contribution is 0.683. The smallest absolute Gasteiger partial charge is 0.0588 e. The Hall–Kier alpha value is -0.640. The van der Waals surface area contributed by atoms with E-state index in [0.717, 1.165) is 8.95 Å². The Kier molecular flexibility index (Phi) is 5.05. The first-order valence-electron chi connectivity index (χ1n) is 6.64. The minimum Gasteiger partial charge on any atom is -0.309 e. The van der Waals surface area contributed by atoms with E-state index in [1.807, 2.05) is 13.1 Å². The van der Waals surface area contributed by atoms with Crippen LogP contribution in [-0.2, 0) is 0 Å². The van der Waals surface area contributed by atoms with Gasteiger partial charge in [0.25, 0.3) is 0 Å². The molecule has 20 heavy (non-hydrogen) atoms. The molecule has 0 saturated carbocycles. The SMILES string of the molecule is CNC(c1cc(C)c(C)cc1C)c1cc(Br)ccc1Br. The zero-order valence-electron chi connectivity index (χ0n) is 12.2. The Bertz CT molecular complexity index is 635. The third-order valence-corrected chi connectivity index (χ3v) is 4.97. The van der Waals surface area contributed by atoms with Crippen molar-refractivity contribution in [3.05, 3.63) is 67.1 Å². The van der Waals surface area contributed by atoms with Gasteiger partial charge in [0.1, 0.15) is 0 Å². The van der Waals surface area contributed by atoms with Gasteiger partial charge in [0.15, 0.2) is 0 Å². The Morgan fingerprint density at radius 3 is 2.15 bits per heavy atom. The molecule has 0 aliphatic carbocycles. The number of hydrogen-bond acceptors (Lipinski definition) is 1. The average Bonchev–Trinajstić information content (AvgIpc) is 2.40. The number of nitrogens with one attached hydrogen (secondary N) is 1. The molecule has 0 radical (unpaired) electrons. The average molecular weight is 397 g/mol. The summed E-state index contributed by atoms with van der Waals surface area (Å²) in [6.45, 7) is 6.51. The molecule has 1 nitrogen and oxygen atoms in total. The molecule has 0 bridgehead atoms. The Balaban J connectivity index is 2.58. The zero-order valence-corrected chi connectivity index (χ0v) is 15.4. The van der Waals surface area contributed by atoms with Gasteiger partial charge in [-0.3, -0.25) is 0 Å². The minimum absolute atomic E-state index is 0.182. The summed E-state index contributed by atoms with van der Waals surface area (Å²) in [5.41, 5.74) is 6.56. The fourth-order valence-corrected chi connectivity index (χ4v) is 3.36. The minimum atomic E-state index is 0.182. The van der Waals surface area contributed by atoms with Crippen molar-refractivity contribution in [1.29, 1.82) is 0 Å². The van der Waals surface area contributed by atoms with Gasteiger partial charge in [0.05, 0.1) is 6.04 Å². The summed E-state index contributed by atoms with van der Waals surface area (Å²) in [6, 6.07) is 11.0. The van der Waals surface area contributed by atoms with Gasteiger partial charge in [0, 0.05) is 8.95 Å². The molecule has 0 aromatic heterocycles. The van der Waals surface area contributed by atoms with Crippen molar-refractivity contribution in [2.24, 2.45) is 0 Å². The van der Waals surface area contributed by atoms with Gasteiger partial charge in [-0.2, -0.15) is 0 Å². The molecule has 1 N–H and O–H groups in total.